The van der Waals surface area contributed by atoms with Crippen LogP contribution in [0.1, 0.15) is 12.8 Å². The lowest BCUT2D eigenvalue weighted by atomic mass is 10.2. The summed E-state index contributed by atoms with van der Waals surface area (Å²) < 4.78 is 0. The number of benzene rings is 1. The van der Waals surface area contributed by atoms with Gasteiger partial charge in [-0.25, -0.2) is 9.78 Å². The minimum atomic E-state index is -0.237. The highest BCUT2D eigenvalue weighted by Crippen LogP contribution is 2.26. The summed E-state index contributed by atoms with van der Waals surface area (Å²) in [5.41, 5.74) is 0.616. The van der Waals surface area contributed by atoms with Crippen molar-refractivity contribution in [3.8, 4) is 0 Å². The molecule has 1 fully saturated rings. The maximum absolute atomic E-state index is 12.0. The normalized spacial score (nSPS) is 17.5. The van der Waals surface area contributed by atoms with E-state index in [2.05, 4.69) is 20.5 Å². The molecule has 1 saturated heterocycles. The first-order valence-corrected chi connectivity index (χ1v) is 8.45. The Balaban J connectivity index is 1.54. The van der Waals surface area contributed by atoms with Crippen LogP contribution < -0.4 is 15.5 Å². The van der Waals surface area contributed by atoms with Crippen molar-refractivity contribution in [3.05, 3.63) is 40.9 Å². The first-order valence-electron chi connectivity index (χ1n) is 7.19. The molecule has 116 valence electrons. The zero-order valence-corrected chi connectivity index (χ0v) is 13.5. The molecule has 0 saturated carbocycles. The Bertz CT molecular complexity index is 634. The average Bonchev–Trinajstić information content (AvgIpc) is 3.18. The first-order chi connectivity index (χ1) is 10.7. The van der Waals surface area contributed by atoms with Gasteiger partial charge >= 0.3 is 6.03 Å². The molecule has 3 rings (SSSR count). The molecule has 2 heterocycles. The van der Waals surface area contributed by atoms with Gasteiger partial charge in [-0.05, 0) is 25.0 Å². The molecule has 0 radical (unpaired) electrons. The van der Waals surface area contributed by atoms with E-state index in [-0.39, 0.29) is 6.03 Å². The Morgan fingerprint density at radius 3 is 3.09 bits per heavy atom. The summed E-state index contributed by atoms with van der Waals surface area (Å²) in [6, 6.07) is 7.25. The van der Waals surface area contributed by atoms with Crippen LogP contribution in [-0.2, 0) is 0 Å². The largest absolute Gasteiger partial charge is 0.343 e. The predicted molar refractivity (Wildman–Crippen MR) is 91.0 cm³/mol. The van der Waals surface area contributed by atoms with Gasteiger partial charge in [0.15, 0.2) is 5.13 Å². The van der Waals surface area contributed by atoms with Gasteiger partial charge in [0.1, 0.15) is 0 Å². The number of aromatic nitrogens is 1. The van der Waals surface area contributed by atoms with Crippen molar-refractivity contribution in [1.29, 1.82) is 0 Å². The fraction of sp³-hybridized carbons (Fsp3) is 0.333. The van der Waals surface area contributed by atoms with E-state index in [4.69, 9.17) is 11.6 Å². The number of thiazole rings is 1. The van der Waals surface area contributed by atoms with Gasteiger partial charge in [-0.1, -0.05) is 23.7 Å². The van der Waals surface area contributed by atoms with E-state index in [0.717, 1.165) is 24.5 Å². The van der Waals surface area contributed by atoms with Gasteiger partial charge < -0.3 is 15.5 Å². The molecule has 7 heteroatoms. The smallest absolute Gasteiger partial charge is 0.319 e. The number of anilines is 2. The van der Waals surface area contributed by atoms with E-state index in [1.807, 2.05) is 23.7 Å². The second-order valence-corrected chi connectivity index (χ2v) is 6.40. The molecule has 1 aliphatic rings. The Labute approximate surface area is 138 Å². The number of hydrogen-bond acceptors (Lipinski definition) is 4. The van der Waals surface area contributed by atoms with Gasteiger partial charge in [-0.2, -0.15) is 0 Å². The van der Waals surface area contributed by atoms with Crippen LogP contribution >= 0.6 is 22.9 Å². The van der Waals surface area contributed by atoms with Crippen LogP contribution in [-0.4, -0.2) is 30.1 Å². The molecule has 1 aliphatic heterocycles. The van der Waals surface area contributed by atoms with Gasteiger partial charge in [0.05, 0.1) is 10.7 Å². The molecule has 0 spiro atoms. The molecule has 5 nitrogen and oxygen atoms in total. The average molecular weight is 337 g/mol. The maximum atomic E-state index is 12.0. The van der Waals surface area contributed by atoms with Crippen LogP contribution in [0.15, 0.2) is 35.8 Å². The molecule has 22 heavy (non-hydrogen) atoms. The molecule has 0 unspecified atom stereocenters. The van der Waals surface area contributed by atoms with Crippen molar-refractivity contribution in [2.75, 3.05) is 23.3 Å². The SMILES string of the molecule is O=C(NC[C@@H]1CCCN1c1nccs1)Nc1ccccc1Cl. The fourth-order valence-electron chi connectivity index (χ4n) is 2.60. The molecular formula is C15H17ClN4OS. The second kappa shape index (κ2) is 6.98. The molecule has 1 aromatic carbocycles. The van der Waals surface area contributed by atoms with Crippen LogP contribution in [0.5, 0.6) is 0 Å². The molecule has 1 aromatic heterocycles. The number of hydrogen-bond donors (Lipinski definition) is 2. The third-order valence-corrected chi connectivity index (χ3v) is 4.80. The standard InChI is InChI=1S/C15H17ClN4OS/c16-12-5-1-2-6-13(12)19-14(21)18-10-11-4-3-8-20(11)15-17-7-9-22-15/h1-2,5-7,9,11H,3-4,8,10H2,(H2,18,19,21)/t11-/m0/s1. The second-order valence-electron chi connectivity index (χ2n) is 5.12. The Morgan fingerprint density at radius 1 is 1.45 bits per heavy atom. The number of carbonyl (C=O) groups is 1. The molecule has 0 aliphatic carbocycles. The number of urea groups is 1. The highest BCUT2D eigenvalue weighted by atomic mass is 35.5. The van der Waals surface area contributed by atoms with Crippen molar-refractivity contribution >= 4 is 39.8 Å². The molecule has 2 amide bonds. The van der Waals surface area contributed by atoms with Crippen LogP contribution in [0.25, 0.3) is 0 Å². The Kier molecular flexibility index (Phi) is 4.80. The third kappa shape index (κ3) is 3.51. The lowest BCUT2D eigenvalue weighted by Gasteiger charge is -2.24. The van der Waals surface area contributed by atoms with Gasteiger partial charge in [0.2, 0.25) is 0 Å². The fourth-order valence-corrected chi connectivity index (χ4v) is 3.52. The first kappa shape index (κ1) is 15.1. The number of para-hydroxylation sites is 1. The predicted octanol–water partition coefficient (Wildman–Crippen LogP) is 3.59. The van der Waals surface area contributed by atoms with Gasteiger partial charge in [0.25, 0.3) is 0 Å². The minimum Gasteiger partial charge on any atom is -0.343 e. The summed E-state index contributed by atoms with van der Waals surface area (Å²) in [5.74, 6) is 0. The molecule has 0 bridgehead atoms. The van der Waals surface area contributed by atoms with Crippen LogP contribution in [0.3, 0.4) is 0 Å². The molecule has 1 atom stereocenters. The summed E-state index contributed by atoms with van der Waals surface area (Å²) in [7, 11) is 0. The van der Waals surface area contributed by atoms with E-state index in [1.165, 1.54) is 0 Å². The summed E-state index contributed by atoms with van der Waals surface area (Å²) in [5, 5.41) is 9.22. The highest BCUT2D eigenvalue weighted by Gasteiger charge is 2.26. The van der Waals surface area contributed by atoms with Crippen molar-refractivity contribution in [3.63, 3.8) is 0 Å². The maximum Gasteiger partial charge on any atom is 0.319 e. The van der Waals surface area contributed by atoms with Gasteiger partial charge in [0, 0.05) is 30.7 Å². The lowest BCUT2D eigenvalue weighted by Crippen LogP contribution is -2.41. The van der Waals surface area contributed by atoms with Gasteiger partial charge in [-0.3, -0.25) is 0 Å². The van der Waals surface area contributed by atoms with E-state index in [0.29, 0.717) is 23.3 Å². The summed E-state index contributed by atoms with van der Waals surface area (Å²) >= 11 is 7.66. The monoisotopic (exact) mass is 336 g/mol. The number of nitrogens with one attached hydrogen (secondary N) is 2. The number of rotatable bonds is 4. The molecule has 2 aromatic rings. The number of nitrogens with zero attached hydrogens (tertiary/aromatic N) is 2. The van der Waals surface area contributed by atoms with E-state index in [1.54, 1.807) is 23.5 Å². The number of amides is 2. The molecular weight excluding hydrogens is 320 g/mol. The number of carbonyl (C=O) groups excluding carboxylic acids is 1. The summed E-state index contributed by atoms with van der Waals surface area (Å²) in [6.45, 7) is 1.59. The van der Waals surface area contributed by atoms with E-state index < -0.39 is 0 Å². The topological polar surface area (TPSA) is 57.3 Å². The van der Waals surface area contributed by atoms with Crippen molar-refractivity contribution in [2.24, 2.45) is 0 Å². The zero-order valence-electron chi connectivity index (χ0n) is 12.0. The quantitative estimate of drug-likeness (QED) is 0.897. The van der Waals surface area contributed by atoms with Crippen molar-refractivity contribution in [2.45, 2.75) is 18.9 Å². The van der Waals surface area contributed by atoms with Crippen molar-refractivity contribution < 1.29 is 4.79 Å². The van der Waals surface area contributed by atoms with E-state index in [9.17, 15) is 4.79 Å². The lowest BCUT2D eigenvalue weighted by molar-refractivity contribution is 0.251. The third-order valence-electron chi connectivity index (χ3n) is 3.66. The Morgan fingerprint density at radius 2 is 2.32 bits per heavy atom. The minimum absolute atomic E-state index is 0.237. The highest BCUT2D eigenvalue weighted by molar-refractivity contribution is 7.13. The zero-order chi connectivity index (χ0) is 15.4. The molecule has 2 N–H and O–H groups in total. The summed E-state index contributed by atoms with van der Waals surface area (Å²) in [4.78, 5) is 18.6. The van der Waals surface area contributed by atoms with Gasteiger partial charge in [-0.15, -0.1) is 11.3 Å². The van der Waals surface area contributed by atoms with Crippen LogP contribution in [0.2, 0.25) is 5.02 Å². The van der Waals surface area contributed by atoms with Crippen LogP contribution in [0, 0.1) is 0 Å². The van der Waals surface area contributed by atoms with E-state index >= 15 is 0 Å². The van der Waals surface area contributed by atoms with Crippen LogP contribution in [0.4, 0.5) is 15.6 Å². The number of halogens is 1. The van der Waals surface area contributed by atoms with Crippen molar-refractivity contribution in [1.82, 2.24) is 10.3 Å². The Hall–Kier alpha value is -1.79. The summed E-state index contributed by atoms with van der Waals surface area (Å²) in [6.07, 6.45) is 4.00.